The molecule has 1 aromatic rings. The number of guanidine groups is 1. The van der Waals surface area contributed by atoms with E-state index < -0.39 is 0 Å². The van der Waals surface area contributed by atoms with E-state index in [1.54, 1.807) is 19.0 Å². The first kappa shape index (κ1) is 25.9. The van der Waals surface area contributed by atoms with Gasteiger partial charge in [-0.2, -0.15) is 11.8 Å². The van der Waals surface area contributed by atoms with Gasteiger partial charge in [0.05, 0.1) is 12.6 Å². The molecule has 1 heterocycles. The van der Waals surface area contributed by atoms with Crippen molar-refractivity contribution in [3.8, 4) is 5.75 Å². The van der Waals surface area contributed by atoms with E-state index in [1.165, 1.54) is 25.0 Å². The highest BCUT2D eigenvalue weighted by atomic mass is 127. The molecule has 0 radical (unpaired) electrons. The number of rotatable bonds is 10. The molecule has 0 saturated carbocycles. The number of fused-ring (bicyclic) bond motifs is 1. The summed E-state index contributed by atoms with van der Waals surface area (Å²) < 4.78 is 5.75. The van der Waals surface area contributed by atoms with Crippen molar-refractivity contribution in [2.24, 2.45) is 4.99 Å². The molecule has 1 aliphatic heterocycles. The van der Waals surface area contributed by atoms with E-state index in [0.717, 1.165) is 30.7 Å². The minimum atomic E-state index is -0.00876. The summed E-state index contributed by atoms with van der Waals surface area (Å²) in [4.78, 5) is 18.0. The molecule has 2 N–H and O–H groups in total. The quantitative estimate of drug-likeness (QED) is 0.208. The van der Waals surface area contributed by atoms with Gasteiger partial charge in [0.25, 0.3) is 0 Å². The summed E-state index contributed by atoms with van der Waals surface area (Å²) in [6, 6.07) is 8.22. The van der Waals surface area contributed by atoms with E-state index in [2.05, 4.69) is 27.9 Å². The Hall–Kier alpha value is -1.16. The Balaban J connectivity index is 0.00000420. The number of thioether (sulfide) groups is 1. The maximum atomic E-state index is 12.0. The summed E-state index contributed by atoms with van der Waals surface area (Å²) in [5, 5.41) is 6.91. The number of aliphatic imine (C=N–C) groups is 1. The molecule has 2 rings (SSSR count). The summed E-state index contributed by atoms with van der Waals surface area (Å²) in [7, 11) is 3.50. The van der Waals surface area contributed by atoms with Gasteiger partial charge in [-0.3, -0.25) is 4.79 Å². The number of nitrogens with zero attached hydrogens (tertiary/aromatic N) is 2. The molecule has 6 nitrogen and oxygen atoms in total. The van der Waals surface area contributed by atoms with Crippen LogP contribution in [0, 0.1) is 0 Å². The van der Waals surface area contributed by atoms with Crippen LogP contribution >= 0.6 is 35.7 Å². The molecule has 8 heteroatoms. The largest absolute Gasteiger partial charge is 0.493 e. The number of unbranched alkanes of at least 4 members (excludes halogenated alkanes) is 3. The highest BCUT2D eigenvalue weighted by Crippen LogP contribution is 2.31. The summed E-state index contributed by atoms with van der Waals surface area (Å²) in [5.41, 5.74) is 1.14. The van der Waals surface area contributed by atoms with Crippen molar-refractivity contribution < 1.29 is 9.53 Å². The molecular weight excluding hydrogens is 499 g/mol. The monoisotopic (exact) mass is 534 g/mol. The highest BCUT2D eigenvalue weighted by Gasteiger charge is 2.22. The zero-order valence-electron chi connectivity index (χ0n) is 17.8. The molecule has 0 spiro atoms. The van der Waals surface area contributed by atoms with Gasteiger partial charge in [0.1, 0.15) is 12.3 Å². The molecule has 1 atom stereocenters. The van der Waals surface area contributed by atoms with Gasteiger partial charge in [-0.05, 0) is 30.9 Å². The Kier molecular flexibility index (Phi) is 13.2. The van der Waals surface area contributed by atoms with Crippen LogP contribution in [-0.2, 0) is 4.79 Å². The zero-order valence-corrected chi connectivity index (χ0v) is 20.9. The predicted octanol–water partition coefficient (Wildman–Crippen LogP) is 3.68. The van der Waals surface area contributed by atoms with Gasteiger partial charge in [-0.1, -0.05) is 31.0 Å². The second-order valence-electron chi connectivity index (χ2n) is 7.16. The van der Waals surface area contributed by atoms with Gasteiger partial charge in [0.2, 0.25) is 5.91 Å². The van der Waals surface area contributed by atoms with E-state index in [1.807, 2.05) is 30.0 Å². The van der Waals surface area contributed by atoms with Crippen molar-refractivity contribution in [1.82, 2.24) is 15.5 Å². The van der Waals surface area contributed by atoms with Crippen molar-refractivity contribution >= 4 is 47.6 Å². The average molecular weight is 535 g/mol. The number of benzene rings is 1. The first-order valence-electron chi connectivity index (χ1n) is 10.1. The van der Waals surface area contributed by atoms with Crippen molar-refractivity contribution in [2.45, 2.75) is 38.1 Å². The third kappa shape index (κ3) is 9.46. The molecule has 0 fully saturated rings. The Morgan fingerprint density at radius 1 is 1.24 bits per heavy atom. The van der Waals surface area contributed by atoms with Crippen LogP contribution in [0.25, 0.3) is 0 Å². The number of ether oxygens (including phenoxy) is 1. The third-order valence-electron chi connectivity index (χ3n) is 4.71. The van der Waals surface area contributed by atoms with Gasteiger partial charge >= 0.3 is 0 Å². The average Bonchev–Trinajstić information content (AvgIpc) is 2.71. The molecule has 29 heavy (non-hydrogen) atoms. The van der Waals surface area contributed by atoms with Crippen LogP contribution in [0.3, 0.4) is 0 Å². The van der Waals surface area contributed by atoms with Crippen LogP contribution in [0.2, 0.25) is 0 Å². The number of carbonyl (C=O) groups excluding carboxylic acids is 1. The van der Waals surface area contributed by atoms with Crippen molar-refractivity contribution in [2.75, 3.05) is 45.8 Å². The second kappa shape index (κ2) is 14.8. The number of likely N-dealkylation sites (N-methyl/N-ethyl adjacent to an activating group) is 1. The van der Waals surface area contributed by atoms with Crippen LogP contribution in [0.5, 0.6) is 5.75 Å². The van der Waals surface area contributed by atoms with Gasteiger partial charge in [-0.15, -0.1) is 24.0 Å². The SMILES string of the molecule is CSCCCCCCNC(=NCC(=O)N(C)C)NC1CCOc2ccccc21.I. The maximum absolute atomic E-state index is 12.0. The Labute approximate surface area is 196 Å². The summed E-state index contributed by atoms with van der Waals surface area (Å²) in [6.07, 6.45) is 7.86. The Morgan fingerprint density at radius 3 is 2.76 bits per heavy atom. The summed E-state index contributed by atoms with van der Waals surface area (Å²) >= 11 is 1.90. The standard InChI is InChI=1S/C21H34N4O2S.HI/c1-25(2)20(26)16-23-21(22-13-8-4-5-9-15-28-3)24-18-12-14-27-19-11-7-6-10-17(18)19;/h6-7,10-11,18H,4-5,8-9,12-16H2,1-3H3,(H2,22,23,24);1H. The second-order valence-corrected chi connectivity index (χ2v) is 8.14. The Morgan fingerprint density at radius 2 is 2.00 bits per heavy atom. The molecule has 1 amide bonds. The van der Waals surface area contributed by atoms with Gasteiger partial charge in [0.15, 0.2) is 5.96 Å². The molecular formula is C21H35IN4O2S. The number of hydrogen-bond acceptors (Lipinski definition) is 4. The zero-order chi connectivity index (χ0) is 20.2. The first-order chi connectivity index (χ1) is 13.6. The van der Waals surface area contributed by atoms with E-state index >= 15 is 0 Å². The van der Waals surface area contributed by atoms with E-state index in [4.69, 9.17) is 4.74 Å². The van der Waals surface area contributed by atoms with Crippen LogP contribution in [0.15, 0.2) is 29.3 Å². The molecule has 1 unspecified atom stereocenters. The molecule has 1 aromatic carbocycles. The van der Waals surface area contributed by atoms with Crippen LogP contribution in [0.1, 0.15) is 43.7 Å². The lowest BCUT2D eigenvalue weighted by molar-refractivity contribution is -0.127. The smallest absolute Gasteiger partial charge is 0.243 e. The lowest BCUT2D eigenvalue weighted by Gasteiger charge is -2.28. The molecule has 0 aliphatic carbocycles. The van der Waals surface area contributed by atoms with E-state index in [-0.39, 0.29) is 42.5 Å². The van der Waals surface area contributed by atoms with Gasteiger partial charge in [0, 0.05) is 32.6 Å². The van der Waals surface area contributed by atoms with Crippen LogP contribution in [-0.4, -0.2) is 62.6 Å². The molecule has 0 saturated heterocycles. The maximum Gasteiger partial charge on any atom is 0.243 e. The molecule has 1 aliphatic rings. The lowest BCUT2D eigenvalue weighted by atomic mass is 10.0. The molecule has 0 bridgehead atoms. The van der Waals surface area contributed by atoms with Gasteiger partial charge < -0.3 is 20.3 Å². The van der Waals surface area contributed by atoms with Gasteiger partial charge in [-0.25, -0.2) is 4.99 Å². The highest BCUT2D eigenvalue weighted by molar-refractivity contribution is 14.0. The fraction of sp³-hybridized carbons (Fsp3) is 0.619. The normalized spacial score (nSPS) is 15.6. The minimum absolute atomic E-state index is 0. The van der Waals surface area contributed by atoms with Crippen LogP contribution < -0.4 is 15.4 Å². The fourth-order valence-corrected chi connectivity index (χ4v) is 3.52. The number of carbonyl (C=O) groups is 1. The van der Waals surface area contributed by atoms with E-state index in [0.29, 0.717) is 12.6 Å². The topological polar surface area (TPSA) is 66.0 Å². The lowest BCUT2D eigenvalue weighted by Crippen LogP contribution is -2.42. The number of nitrogens with one attached hydrogen (secondary N) is 2. The van der Waals surface area contributed by atoms with Crippen molar-refractivity contribution in [1.29, 1.82) is 0 Å². The third-order valence-corrected chi connectivity index (χ3v) is 5.41. The summed E-state index contributed by atoms with van der Waals surface area (Å²) in [6.45, 7) is 1.67. The number of amides is 1. The first-order valence-corrected chi connectivity index (χ1v) is 11.5. The Bertz CT molecular complexity index is 643. The molecule has 0 aromatic heterocycles. The van der Waals surface area contributed by atoms with Crippen LogP contribution in [0.4, 0.5) is 0 Å². The predicted molar refractivity (Wildman–Crippen MR) is 134 cm³/mol. The molecule has 164 valence electrons. The number of halogens is 1. The number of hydrogen-bond donors (Lipinski definition) is 2. The van der Waals surface area contributed by atoms with E-state index in [9.17, 15) is 4.79 Å². The minimum Gasteiger partial charge on any atom is -0.493 e. The fourth-order valence-electron chi connectivity index (χ4n) is 3.03. The number of para-hydroxylation sites is 1. The summed E-state index contributed by atoms with van der Waals surface area (Å²) in [5.74, 6) is 2.84. The van der Waals surface area contributed by atoms with Crippen molar-refractivity contribution in [3.05, 3.63) is 29.8 Å². The van der Waals surface area contributed by atoms with Crippen molar-refractivity contribution in [3.63, 3.8) is 0 Å².